The van der Waals surface area contributed by atoms with Crippen molar-refractivity contribution < 1.29 is 9.90 Å². The Bertz CT molecular complexity index is 205. The van der Waals surface area contributed by atoms with Crippen molar-refractivity contribution in [2.45, 2.75) is 33.7 Å². The Morgan fingerprint density at radius 1 is 1.29 bits per heavy atom. The van der Waals surface area contributed by atoms with E-state index in [1.54, 1.807) is 0 Å². The summed E-state index contributed by atoms with van der Waals surface area (Å²) in [6.07, 6.45) is 0. The van der Waals surface area contributed by atoms with E-state index in [2.05, 4.69) is 18.7 Å². The number of likely N-dealkylation sites (tertiary alicyclic amines) is 1. The highest BCUT2D eigenvalue weighted by Crippen LogP contribution is 2.26. The number of rotatable bonds is 3. The molecule has 82 valence electrons. The Balaban J connectivity index is 2.67. The monoisotopic (exact) mass is 199 g/mol. The minimum atomic E-state index is -0.679. The largest absolute Gasteiger partial charge is 0.480 e. The molecule has 0 aromatic rings. The lowest BCUT2D eigenvalue weighted by Gasteiger charge is -2.27. The summed E-state index contributed by atoms with van der Waals surface area (Å²) in [6, 6.07) is -0.303. The lowest BCUT2D eigenvalue weighted by Crippen LogP contribution is -2.43. The number of carbonyl (C=O) groups is 1. The zero-order valence-electron chi connectivity index (χ0n) is 9.53. The molecule has 14 heavy (non-hydrogen) atoms. The number of hydrogen-bond acceptors (Lipinski definition) is 2. The molecule has 0 amide bonds. The Labute approximate surface area is 86.1 Å². The molecule has 0 aromatic carbocycles. The molecule has 1 rings (SSSR count). The molecule has 0 saturated carbocycles. The average molecular weight is 199 g/mol. The minimum absolute atomic E-state index is 0.185. The summed E-state index contributed by atoms with van der Waals surface area (Å²) in [6.45, 7) is 10.2. The van der Waals surface area contributed by atoms with Crippen LogP contribution in [0.3, 0.4) is 0 Å². The number of carboxylic acids is 1. The normalized spacial score (nSPS) is 30.9. The van der Waals surface area contributed by atoms with Crippen LogP contribution in [0.1, 0.15) is 27.7 Å². The molecule has 3 atom stereocenters. The average Bonchev–Trinajstić information content (AvgIpc) is 2.29. The molecular weight excluding hydrogens is 178 g/mol. The molecule has 0 spiro atoms. The minimum Gasteiger partial charge on any atom is -0.480 e. The second-order valence-corrected chi connectivity index (χ2v) is 4.94. The fraction of sp³-hybridized carbons (Fsp3) is 0.909. The van der Waals surface area contributed by atoms with Crippen LogP contribution in [-0.2, 0) is 4.79 Å². The quantitative estimate of drug-likeness (QED) is 0.752. The van der Waals surface area contributed by atoms with E-state index in [-0.39, 0.29) is 12.0 Å². The molecule has 1 aliphatic rings. The lowest BCUT2D eigenvalue weighted by atomic mass is 10.0. The maximum absolute atomic E-state index is 11.1. The smallest absolute Gasteiger partial charge is 0.321 e. The Morgan fingerprint density at radius 2 is 1.71 bits per heavy atom. The second-order valence-electron chi connectivity index (χ2n) is 4.94. The van der Waals surface area contributed by atoms with Gasteiger partial charge in [0.05, 0.1) is 0 Å². The van der Waals surface area contributed by atoms with Crippen LogP contribution in [-0.4, -0.2) is 35.1 Å². The number of hydrogen-bond donors (Lipinski definition) is 1. The van der Waals surface area contributed by atoms with Crippen molar-refractivity contribution in [2.24, 2.45) is 17.8 Å². The molecule has 1 saturated heterocycles. The van der Waals surface area contributed by atoms with E-state index in [9.17, 15) is 4.79 Å². The van der Waals surface area contributed by atoms with Crippen molar-refractivity contribution in [3.8, 4) is 0 Å². The van der Waals surface area contributed by atoms with Crippen molar-refractivity contribution in [3.63, 3.8) is 0 Å². The van der Waals surface area contributed by atoms with Crippen molar-refractivity contribution in [2.75, 3.05) is 13.1 Å². The van der Waals surface area contributed by atoms with Crippen LogP contribution in [0.15, 0.2) is 0 Å². The summed E-state index contributed by atoms with van der Waals surface area (Å²) >= 11 is 0. The first-order valence-corrected chi connectivity index (χ1v) is 5.40. The van der Waals surface area contributed by atoms with Gasteiger partial charge in [-0.2, -0.15) is 0 Å². The molecule has 1 heterocycles. The first kappa shape index (κ1) is 11.5. The third-order valence-corrected chi connectivity index (χ3v) is 3.29. The zero-order valence-corrected chi connectivity index (χ0v) is 9.53. The second kappa shape index (κ2) is 4.30. The van der Waals surface area contributed by atoms with Crippen LogP contribution in [0.2, 0.25) is 0 Å². The molecule has 0 aromatic heterocycles. The third kappa shape index (κ3) is 2.27. The number of carboxylic acid groups (broad SMARTS) is 1. The van der Waals surface area contributed by atoms with Gasteiger partial charge in [-0.05, 0) is 17.8 Å². The highest BCUT2D eigenvalue weighted by Gasteiger charge is 2.35. The van der Waals surface area contributed by atoms with Gasteiger partial charge < -0.3 is 5.11 Å². The van der Waals surface area contributed by atoms with Crippen molar-refractivity contribution in [1.29, 1.82) is 0 Å². The van der Waals surface area contributed by atoms with Crippen LogP contribution in [0.5, 0.6) is 0 Å². The lowest BCUT2D eigenvalue weighted by molar-refractivity contribution is -0.144. The van der Waals surface area contributed by atoms with Crippen molar-refractivity contribution >= 4 is 5.97 Å². The zero-order chi connectivity index (χ0) is 10.9. The van der Waals surface area contributed by atoms with Crippen molar-refractivity contribution in [1.82, 2.24) is 4.90 Å². The van der Waals surface area contributed by atoms with E-state index in [0.717, 1.165) is 13.1 Å². The maximum Gasteiger partial charge on any atom is 0.321 e. The summed E-state index contributed by atoms with van der Waals surface area (Å²) in [5.41, 5.74) is 0. The van der Waals surface area contributed by atoms with E-state index in [1.165, 1.54) is 0 Å². The van der Waals surface area contributed by atoms with Crippen LogP contribution in [0.4, 0.5) is 0 Å². The van der Waals surface area contributed by atoms with Gasteiger partial charge in [0.25, 0.3) is 0 Å². The fourth-order valence-electron chi connectivity index (χ4n) is 2.26. The summed E-state index contributed by atoms with van der Waals surface area (Å²) in [5.74, 6) is 0.748. The molecule has 3 unspecified atom stereocenters. The standard InChI is InChI=1S/C11H21NO2/c1-7(2)10(11(13)14)12-5-8(3)9(4)6-12/h7-10H,5-6H2,1-4H3,(H,13,14). The topological polar surface area (TPSA) is 40.5 Å². The Kier molecular flexibility index (Phi) is 3.53. The first-order valence-electron chi connectivity index (χ1n) is 5.40. The molecule has 1 N–H and O–H groups in total. The molecule has 3 nitrogen and oxygen atoms in total. The first-order chi connectivity index (χ1) is 6.43. The maximum atomic E-state index is 11.1. The number of nitrogens with zero attached hydrogens (tertiary/aromatic N) is 1. The van der Waals surface area contributed by atoms with Crippen LogP contribution in [0.25, 0.3) is 0 Å². The van der Waals surface area contributed by atoms with Gasteiger partial charge in [-0.3, -0.25) is 9.69 Å². The van der Waals surface area contributed by atoms with E-state index in [1.807, 2.05) is 13.8 Å². The molecule has 0 bridgehead atoms. The molecule has 1 aliphatic heterocycles. The van der Waals surface area contributed by atoms with Gasteiger partial charge in [-0.25, -0.2) is 0 Å². The van der Waals surface area contributed by atoms with Gasteiger partial charge in [0, 0.05) is 13.1 Å². The summed E-state index contributed by atoms with van der Waals surface area (Å²) in [5, 5.41) is 9.13. The Hall–Kier alpha value is -0.570. The van der Waals surface area contributed by atoms with E-state index < -0.39 is 5.97 Å². The van der Waals surface area contributed by atoms with Gasteiger partial charge in [0.1, 0.15) is 6.04 Å². The molecule has 0 radical (unpaired) electrons. The summed E-state index contributed by atoms with van der Waals surface area (Å²) in [4.78, 5) is 13.2. The predicted molar refractivity (Wildman–Crippen MR) is 56.2 cm³/mol. The van der Waals surface area contributed by atoms with Crippen LogP contribution in [0, 0.1) is 17.8 Å². The van der Waals surface area contributed by atoms with E-state index in [0.29, 0.717) is 11.8 Å². The van der Waals surface area contributed by atoms with E-state index >= 15 is 0 Å². The molecule has 0 aliphatic carbocycles. The Morgan fingerprint density at radius 3 is 2.00 bits per heavy atom. The van der Waals surface area contributed by atoms with Gasteiger partial charge in [-0.1, -0.05) is 27.7 Å². The molecular formula is C11H21NO2. The number of aliphatic carboxylic acids is 1. The van der Waals surface area contributed by atoms with E-state index in [4.69, 9.17) is 5.11 Å². The molecule has 1 fully saturated rings. The van der Waals surface area contributed by atoms with Gasteiger partial charge >= 0.3 is 5.97 Å². The van der Waals surface area contributed by atoms with Crippen LogP contribution < -0.4 is 0 Å². The van der Waals surface area contributed by atoms with Gasteiger partial charge in [0.15, 0.2) is 0 Å². The predicted octanol–water partition coefficient (Wildman–Crippen LogP) is 1.68. The SMILES string of the molecule is CC(C)C(C(=O)O)N1CC(C)C(C)C1. The van der Waals surface area contributed by atoms with Crippen molar-refractivity contribution in [3.05, 3.63) is 0 Å². The highest BCUT2D eigenvalue weighted by atomic mass is 16.4. The highest BCUT2D eigenvalue weighted by molar-refractivity contribution is 5.73. The summed E-state index contributed by atoms with van der Waals surface area (Å²) < 4.78 is 0. The van der Waals surface area contributed by atoms with Crippen LogP contribution >= 0.6 is 0 Å². The van der Waals surface area contributed by atoms with Gasteiger partial charge in [0.2, 0.25) is 0 Å². The summed E-state index contributed by atoms with van der Waals surface area (Å²) in [7, 11) is 0. The third-order valence-electron chi connectivity index (χ3n) is 3.29. The van der Waals surface area contributed by atoms with Gasteiger partial charge in [-0.15, -0.1) is 0 Å². The molecule has 3 heteroatoms. The fourth-order valence-corrected chi connectivity index (χ4v) is 2.26.